The SMILES string of the molecule is CCOC(=O)CN(CC(=O)NC(C)CCC(C)C)C(C)C. The summed E-state index contributed by atoms with van der Waals surface area (Å²) in [5.41, 5.74) is 0. The fourth-order valence-electron chi connectivity index (χ4n) is 1.95. The van der Waals surface area contributed by atoms with Crippen LogP contribution in [0, 0.1) is 5.92 Å². The lowest BCUT2D eigenvalue weighted by Gasteiger charge is -2.25. The molecule has 0 aromatic rings. The Morgan fingerprint density at radius 2 is 1.67 bits per heavy atom. The van der Waals surface area contributed by atoms with E-state index in [-0.39, 0.29) is 37.0 Å². The molecule has 0 aromatic heterocycles. The maximum Gasteiger partial charge on any atom is 0.320 e. The third kappa shape index (κ3) is 10.3. The molecule has 0 bridgehead atoms. The first-order valence-corrected chi connectivity index (χ1v) is 7.95. The van der Waals surface area contributed by atoms with E-state index >= 15 is 0 Å². The first-order valence-electron chi connectivity index (χ1n) is 7.95. The Labute approximate surface area is 129 Å². The molecule has 21 heavy (non-hydrogen) atoms. The smallest absolute Gasteiger partial charge is 0.320 e. The highest BCUT2D eigenvalue weighted by Crippen LogP contribution is 2.06. The summed E-state index contributed by atoms with van der Waals surface area (Å²) in [5.74, 6) is 0.316. The van der Waals surface area contributed by atoms with Crippen molar-refractivity contribution in [2.75, 3.05) is 19.7 Å². The number of carbonyl (C=O) groups is 2. The highest BCUT2D eigenvalue weighted by atomic mass is 16.5. The lowest BCUT2D eigenvalue weighted by atomic mass is 10.0. The molecule has 0 spiro atoms. The van der Waals surface area contributed by atoms with E-state index < -0.39 is 0 Å². The lowest BCUT2D eigenvalue weighted by Crippen LogP contribution is -2.45. The van der Waals surface area contributed by atoms with Crippen molar-refractivity contribution in [2.45, 2.75) is 66.5 Å². The van der Waals surface area contributed by atoms with Gasteiger partial charge in [0.05, 0.1) is 19.7 Å². The maximum absolute atomic E-state index is 12.0. The van der Waals surface area contributed by atoms with Crippen LogP contribution < -0.4 is 5.32 Å². The van der Waals surface area contributed by atoms with Crippen molar-refractivity contribution in [1.29, 1.82) is 0 Å². The van der Waals surface area contributed by atoms with Crippen LogP contribution in [0.1, 0.15) is 54.4 Å². The average molecular weight is 300 g/mol. The van der Waals surface area contributed by atoms with Crippen LogP contribution in [0.2, 0.25) is 0 Å². The van der Waals surface area contributed by atoms with Gasteiger partial charge in [0.1, 0.15) is 0 Å². The van der Waals surface area contributed by atoms with E-state index in [1.807, 2.05) is 25.7 Å². The van der Waals surface area contributed by atoms with Gasteiger partial charge in [-0.25, -0.2) is 0 Å². The number of esters is 1. The van der Waals surface area contributed by atoms with E-state index in [0.717, 1.165) is 12.8 Å². The van der Waals surface area contributed by atoms with Gasteiger partial charge in [-0.1, -0.05) is 13.8 Å². The Morgan fingerprint density at radius 1 is 1.05 bits per heavy atom. The summed E-state index contributed by atoms with van der Waals surface area (Å²) >= 11 is 0. The summed E-state index contributed by atoms with van der Waals surface area (Å²) in [7, 11) is 0. The molecular weight excluding hydrogens is 268 g/mol. The Balaban J connectivity index is 4.25. The van der Waals surface area contributed by atoms with Crippen molar-refractivity contribution in [3.8, 4) is 0 Å². The third-order valence-electron chi connectivity index (χ3n) is 3.30. The molecule has 1 unspecified atom stereocenters. The number of hydrogen-bond acceptors (Lipinski definition) is 4. The topological polar surface area (TPSA) is 58.6 Å². The molecule has 5 heteroatoms. The number of nitrogens with one attached hydrogen (secondary N) is 1. The Morgan fingerprint density at radius 3 is 2.14 bits per heavy atom. The molecular formula is C16H32N2O3. The lowest BCUT2D eigenvalue weighted by molar-refractivity contribution is -0.145. The molecule has 1 amide bonds. The molecule has 1 N–H and O–H groups in total. The van der Waals surface area contributed by atoms with Crippen molar-refractivity contribution < 1.29 is 14.3 Å². The van der Waals surface area contributed by atoms with Crippen LogP contribution >= 0.6 is 0 Å². The van der Waals surface area contributed by atoms with Gasteiger partial charge in [0.15, 0.2) is 0 Å². The molecule has 0 aliphatic rings. The normalized spacial score (nSPS) is 12.8. The molecule has 124 valence electrons. The first kappa shape index (κ1) is 19.9. The van der Waals surface area contributed by atoms with Crippen molar-refractivity contribution >= 4 is 11.9 Å². The van der Waals surface area contributed by atoms with Crippen LogP contribution in [-0.4, -0.2) is 48.6 Å². The maximum atomic E-state index is 12.0. The molecule has 0 saturated carbocycles. The second kappa shape index (κ2) is 10.6. The number of rotatable bonds is 10. The standard InChI is InChI=1S/C16H32N2O3/c1-7-21-16(20)11-18(13(4)5)10-15(19)17-14(6)9-8-12(2)3/h12-14H,7-11H2,1-6H3,(H,17,19). The second-order valence-corrected chi connectivity index (χ2v) is 6.24. The van der Waals surface area contributed by atoms with Crippen molar-refractivity contribution in [3.63, 3.8) is 0 Å². The van der Waals surface area contributed by atoms with Gasteiger partial charge in [0, 0.05) is 12.1 Å². The molecule has 0 saturated heterocycles. The van der Waals surface area contributed by atoms with Gasteiger partial charge in [0.25, 0.3) is 0 Å². The van der Waals surface area contributed by atoms with E-state index in [1.54, 1.807) is 6.92 Å². The molecule has 0 radical (unpaired) electrons. The molecule has 0 heterocycles. The second-order valence-electron chi connectivity index (χ2n) is 6.24. The fraction of sp³-hybridized carbons (Fsp3) is 0.875. The van der Waals surface area contributed by atoms with E-state index in [1.165, 1.54) is 0 Å². The van der Waals surface area contributed by atoms with E-state index in [9.17, 15) is 9.59 Å². The predicted octanol–water partition coefficient (Wildman–Crippen LogP) is 2.20. The quantitative estimate of drug-likeness (QED) is 0.628. The number of amides is 1. The molecule has 0 aromatic carbocycles. The van der Waals surface area contributed by atoms with Crippen LogP contribution in [-0.2, 0) is 14.3 Å². The monoisotopic (exact) mass is 300 g/mol. The van der Waals surface area contributed by atoms with Crippen LogP contribution in [0.5, 0.6) is 0 Å². The molecule has 0 fully saturated rings. The van der Waals surface area contributed by atoms with Gasteiger partial charge in [-0.15, -0.1) is 0 Å². The third-order valence-corrected chi connectivity index (χ3v) is 3.30. The van der Waals surface area contributed by atoms with Crippen LogP contribution in [0.3, 0.4) is 0 Å². The van der Waals surface area contributed by atoms with Gasteiger partial charge >= 0.3 is 5.97 Å². The van der Waals surface area contributed by atoms with Crippen molar-refractivity contribution in [2.24, 2.45) is 5.92 Å². The number of ether oxygens (including phenoxy) is 1. The van der Waals surface area contributed by atoms with Crippen LogP contribution in [0.15, 0.2) is 0 Å². The van der Waals surface area contributed by atoms with Gasteiger partial charge in [-0.2, -0.15) is 0 Å². The van der Waals surface area contributed by atoms with Gasteiger partial charge < -0.3 is 10.1 Å². The molecule has 0 aliphatic carbocycles. The zero-order valence-corrected chi connectivity index (χ0v) is 14.4. The summed E-state index contributed by atoms with van der Waals surface area (Å²) in [6.07, 6.45) is 2.07. The number of nitrogens with zero attached hydrogens (tertiary/aromatic N) is 1. The molecule has 5 nitrogen and oxygen atoms in total. The summed E-state index contributed by atoms with van der Waals surface area (Å²) in [6.45, 7) is 12.8. The minimum atomic E-state index is -0.285. The van der Waals surface area contributed by atoms with E-state index in [0.29, 0.717) is 12.5 Å². The van der Waals surface area contributed by atoms with Gasteiger partial charge in [-0.05, 0) is 46.5 Å². The van der Waals surface area contributed by atoms with Crippen LogP contribution in [0.4, 0.5) is 0 Å². The van der Waals surface area contributed by atoms with Gasteiger partial charge in [-0.3, -0.25) is 14.5 Å². The Kier molecular flexibility index (Phi) is 10.0. The summed E-state index contributed by atoms with van der Waals surface area (Å²) in [6, 6.07) is 0.280. The number of hydrogen-bond donors (Lipinski definition) is 1. The Hall–Kier alpha value is -1.10. The molecule has 1 atom stereocenters. The number of carbonyl (C=O) groups excluding carboxylic acids is 2. The average Bonchev–Trinajstić information content (AvgIpc) is 2.35. The zero-order chi connectivity index (χ0) is 16.4. The summed E-state index contributed by atoms with van der Waals surface area (Å²) in [4.78, 5) is 25.4. The highest BCUT2D eigenvalue weighted by Gasteiger charge is 2.19. The molecule has 0 rings (SSSR count). The Bertz CT molecular complexity index is 317. The summed E-state index contributed by atoms with van der Waals surface area (Å²) in [5, 5.41) is 2.99. The van der Waals surface area contributed by atoms with E-state index in [4.69, 9.17) is 4.74 Å². The highest BCUT2D eigenvalue weighted by molar-refractivity contribution is 5.79. The van der Waals surface area contributed by atoms with E-state index in [2.05, 4.69) is 19.2 Å². The largest absolute Gasteiger partial charge is 0.465 e. The van der Waals surface area contributed by atoms with Crippen molar-refractivity contribution in [1.82, 2.24) is 10.2 Å². The van der Waals surface area contributed by atoms with Gasteiger partial charge in [0.2, 0.25) is 5.91 Å². The first-order chi connectivity index (χ1) is 9.76. The predicted molar refractivity (Wildman–Crippen MR) is 85.0 cm³/mol. The molecule has 0 aliphatic heterocycles. The van der Waals surface area contributed by atoms with Crippen molar-refractivity contribution in [3.05, 3.63) is 0 Å². The minimum absolute atomic E-state index is 0.0377. The minimum Gasteiger partial charge on any atom is -0.465 e. The van der Waals surface area contributed by atoms with Crippen LogP contribution in [0.25, 0.3) is 0 Å². The summed E-state index contributed by atoms with van der Waals surface area (Å²) < 4.78 is 4.94. The zero-order valence-electron chi connectivity index (χ0n) is 14.4. The fourth-order valence-corrected chi connectivity index (χ4v) is 1.95.